The fourth-order valence-electron chi connectivity index (χ4n) is 2.25. The number of benzene rings is 2. The molecule has 0 atom stereocenters. The lowest BCUT2D eigenvalue weighted by Crippen LogP contribution is -2.22. The zero-order valence-corrected chi connectivity index (χ0v) is 15.4. The lowest BCUT2D eigenvalue weighted by molar-refractivity contribution is -0.141. The van der Waals surface area contributed by atoms with Gasteiger partial charge in [-0.05, 0) is 36.4 Å². The van der Waals surface area contributed by atoms with Crippen LogP contribution in [0, 0.1) is 5.82 Å². The number of carbonyl (C=O) groups is 2. The Morgan fingerprint density at radius 2 is 2.08 bits per heavy atom. The number of thiazole rings is 1. The largest absolute Gasteiger partial charge is 0.468 e. The summed E-state index contributed by atoms with van der Waals surface area (Å²) >= 11 is 4.44. The molecular formula is C17H12BrFN2O3S. The van der Waals surface area contributed by atoms with Gasteiger partial charge in [0.2, 0.25) is 0 Å². The Labute approximate surface area is 154 Å². The number of nitrogens with zero attached hydrogens (tertiary/aromatic N) is 2. The third kappa shape index (κ3) is 3.85. The van der Waals surface area contributed by atoms with Crippen LogP contribution in [0.15, 0.2) is 51.9 Å². The molecule has 0 radical (unpaired) electrons. The molecule has 25 heavy (non-hydrogen) atoms. The number of fused-ring (bicyclic) bond motifs is 1. The molecule has 0 saturated heterocycles. The van der Waals surface area contributed by atoms with Gasteiger partial charge in [0.15, 0.2) is 4.80 Å². The van der Waals surface area contributed by atoms with E-state index in [0.717, 1.165) is 15.8 Å². The Morgan fingerprint density at radius 1 is 1.28 bits per heavy atom. The van der Waals surface area contributed by atoms with Crippen LogP contribution in [0.1, 0.15) is 10.4 Å². The van der Waals surface area contributed by atoms with Gasteiger partial charge in [-0.3, -0.25) is 9.59 Å². The number of aromatic nitrogens is 1. The molecule has 0 fully saturated rings. The third-order valence-electron chi connectivity index (χ3n) is 3.43. The zero-order valence-electron chi connectivity index (χ0n) is 13.0. The molecule has 2 aromatic carbocycles. The third-order valence-corrected chi connectivity index (χ3v) is 4.96. The summed E-state index contributed by atoms with van der Waals surface area (Å²) in [6.07, 6.45) is 0. The summed E-state index contributed by atoms with van der Waals surface area (Å²) in [5.74, 6) is -1.34. The second kappa shape index (κ2) is 7.28. The van der Waals surface area contributed by atoms with Crippen molar-refractivity contribution in [2.45, 2.75) is 6.54 Å². The molecule has 1 aromatic heterocycles. The minimum absolute atomic E-state index is 0.118. The Balaban J connectivity index is 2.15. The molecule has 0 aliphatic rings. The SMILES string of the molecule is COC(=O)Cn1c(=NC(=O)c2cccc(Br)c2)sc2cc(F)ccc21. The van der Waals surface area contributed by atoms with Crippen molar-refractivity contribution < 1.29 is 18.7 Å². The van der Waals surface area contributed by atoms with E-state index >= 15 is 0 Å². The van der Waals surface area contributed by atoms with Crippen LogP contribution >= 0.6 is 27.3 Å². The maximum absolute atomic E-state index is 13.5. The minimum atomic E-state index is -0.486. The number of esters is 1. The number of carbonyl (C=O) groups excluding carboxylic acids is 2. The van der Waals surface area contributed by atoms with E-state index < -0.39 is 17.7 Å². The van der Waals surface area contributed by atoms with E-state index in [1.54, 1.807) is 34.9 Å². The highest BCUT2D eigenvalue weighted by Crippen LogP contribution is 2.19. The molecule has 0 spiro atoms. The molecule has 0 aliphatic carbocycles. The van der Waals surface area contributed by atoms with Crippen LogP contribution in [0.5, 0.6) is 0 Å². The van der Waals surface area contributed by atoms with Gasteiger partial charge >= 0.3 is 5.97 Å². The van der Waals surface area contributed by atoms with Crippen LogP contribution in [0.3, 0.4) is 0 Å². The van der Waals surface area contributed by atoms with Crippen molar-refractivity contribution in [2.75, 3.05) is 7.11 Å². The average molecular weight is 423 g/mol. The van der Waals surface area contributed by atoms with Crippen LogP contribution in [-0.4, -0.2) is 23.6 Å². The molecular weight excluding hydrogens is 411 g/mol. The number of rotatable bonds is 3. The summed E-state index contributed by atoms with van der Waals surface area (Å²) in [5, 5.41) is 0. The number of methoxy groups -OCH3 is 1. The summed E-state index contributed by atoms with van der Waals surface area (Å²) < 4.78 is 21.1. The fraction of sp³-hybridized carbons (Fsp3) is 0.118. The topological polar surface area (TPSA) is 60.7 Å². The van der Waals surface area contributed by atoms with Gasteiger partial charge in [-0.15, -0.1) is 0 Å². The molecule has 1 heterocycles. The van der Waals surface area contributed by atoms with Gasteiger partial charge in [-0.25, -0.2) is 4.39 Å². The number of amides is 1. The van der Waals surface area contributed by atoms with E-state index in [1.165, 1.54) is 19.2 Å². The standard InChI is InChI=1S/C17H12BrFN2O3S/c1-24-15(22)9-21-13-6-5-12(19)8-14(13)25-17(21)20-16(23)10-3-2-4-11(18)7-10/h2-8H,9H2,1H3. The maximum Gasteiger partial charge on any atom is 0.325 e. The van der Waals surface area contributed by atoms with Gasteiger partial charge in [0.1, 0.15) is 12.4 Å². The summed E-state index contributed by atoms with van der Waals surface area (Å²) in [4.78, 5) is 28.5. The van der Waals surface area contributed by atoms with Crippen molar-refractivity contribution in [3.63, 3.8) is 0 Å². The Bertz CT molecular complexity index is 1040. The molecule has 0 bridgehead atoms. The number of hydrogen-bond donors (Lipinski definition) is 0. The molecule has 0 saturated carbocycles. The molecule has 0 aliphatic heterocycles. The maximum atomic E-state index is 13.5. The van der Waals surface area contributed by atoms with Crippen molar-refractivity contribution in [1.29, 1.82) is 0 Å². The van der Waals surface area contributed by atoms with Gasteiger partial charge in [-0.2, -0.15) is 4.99 Å². The molecule has 3 rings (SSSR count). The van der Waals surface area contributed by atoms with Crippen molar-refractivity contribution >= 4 is 49.4 Å². The second-order valence-corrected chi connectivity index (χ2v) is 7.01. The van der Waals surface area contributed by atoms with E-state index in [4.69, 9.17) is 4.74 Å². The molecule has 0 unspecified atom stereocenters. The Hall–Kier alpha value is -2.32. The molecule has 1 amide bonds. The highest BCUT2D eigenvalue weighted by atomic mass is 79.9. The summed E-state index contributed by atoms with van der Waals surface area (Å²) in [6.45, 7) is -0.118. The normalized spacial score (nSPS) is 11.7. The van der Waals surface area contributed by atoms with E-state index in [-0.39, 0.29) is 6.54 Å². The quantitative estimate of drug-likeness (QED) is 0.606. The zero-order chi connectivity index (χ0) is 18.0. The lowest BCUT2D eigenvalue weighted by Gasteiger charge is -2.03. The fourth-order valence-corrected chi connectivity index (χ4v) is 3.70. The van der Waals surface area contributed by atoms with Gasteiger partial charge in [0.25, 0.3) is 5.91 Å². The van der Waals surface area contributed by atoms with Gasteiger partial charge in [-0.1, -0.05) is 33.3 Å². The molecule has 8 heteroatoms. The second-order valence-electron chi connectivity index (χ2n) is 5.09. The first-order valence-corrected chi connectivity index (χ1v) is 8.79. The van der Waals surface area contributed by atoms with Gasteiger partial charge in [0.05, 0.1) is 17.3 Å². The monoisotopic (exact) mass is 422 g/mol. The lowest BCUT2D eigenvalue weighted by atomic mass is 10.2. The number of ether oxygens (including phenoxy) is 1. The first-order chi connectivity index (χ1) is 12.0. The molecule has 3 aromatic rings. The number of hydrogen-bond acceptors (Lipinski definition) is 4. The van der Waals surface area contributed by atoms with Gasteiger partial charge in [0, 0.05) is 10.0 Å². The highest BCUT2D eigenvalue weighted by Gasteiger charge is 2.13. The van der Waals surface area contributed by atoms with E-state index in [1.807, 2.05) is 0 Å². The van der Waals surface area contributed by atoms with E-state index in [0.29, 0.717) is 20.6 Å². The highest BCUT2D eigenvalue weighted by molar-refractivity contribution is 9.10. The Morgan fingerprint density at radius 3 is 2.80 bits per heavy atom. The van der Waals surface area contributed by atoms with E-state index in [9.17, 15) is 14.0 Å². The van der Waals surface area contributed by atoms with Crippen molar-refractivity contribution in [3.8, 4) is 0 Å². The summed E-state index contributed by atoms with van der Waals surface area (Å²) in [6, 6.07) is 11.0. The van der Waals surface area contributed by atoms with Crippen LogP contribution in [0.4, 0.5) is 4.39 Å². The predicted molar refractivity (Wildman–Crippen MR) is 95.8 cm³/mol. The summed E-state index contributed by atoms with van der Waals surface area (Å²) in [7, 11) is 1.28. The smallest absolute Gasteiger partial charge is 0.325 e. The predicted octanol–water partition coefficient (Wildman–Crippen LogP) is 3.52. The molecule has 5 nitrogen and oxygen atoms in total. The first kappa shape index (κ1) is 17.5. The van der Waals surface area contributed by atoms with Crippen molar-refractivity contribution in [1.82, 2.24) is 4.57 Å². The van der Waals surface area contributed by atoms with Crippen LogP contribution < -0.4 is 4.80 Å². The Kier molecular flexibility index (Phi) is 5.10. The summed E-state index contributed by atoms with van der Waals surface area (Å²) in [5.41, 5.74) is 1.01. The van der Waals surface area contributed by atoms with Gasteiger partial charge < -0.3 is 9.30 Å². The van der Waals surface area contributed by atoms with Crippen LogP contribution in [-0.2, 0) is 16.1 Å². The average Bonchev–Trinajstić information content (AvgIpc) is 2.91. The molecule has 128 valence electrons. The van der Waals surface area contributed by atoms with Crippen LogP contribution in [0.25, 0.3) is 10.2 Å². The first-order valence-electron chi connectivity index (χ1n) is 7.18. The molecule has 0 N–H and O–H groups in total. The van der Waals surface area contributed by atoms with E-state index in [2.05, 4.69) is 20.9 Å². The number of halogens is 2. The van der Waals surface area contributed by atoms with Crippen molar-refractivity contribution in [2.24, 2.45) is 4.99 Å². The minimum Gasteiger partial charge on any atom is -0.468 e. The van der Waals surface area contributed by atoms with Crippen molar-refractivity contribution in [3.05, 3.63) is 63.1 Å². The van der Waals surface area contributed by atoms with Crippen LogP contribution in [0.2, 0.25) is 0 Å².